The molecule has 6 bridgehead atoms. The fraction of sp³-hybridized carbons (Fsp3) is 0.562. The highest BCUT2D eigenvalue weighted by molar-refractivity contribution is 8.17. The van der Waals surface area contributed by atoms with Crippen molar-refractivity contribution in [2.24, 2.45) is 53.3 Å². The summed E-state index contributed by atoms with van der Waals surface area (Å²) in [5.41, 5.74) is 7.44. The van der Waals surface area contributed by atoms with Crippen LogP contribution in [0.25, 0.3) is 0 Å². The standard InChI is InChI=1S/C37H47ClN2O5S3.C34H43ClN2O6S.C34H41ClN2O6S/c1-24-7-4-16-37(44-3,35-46-17-6-18-47-35)31-12-9-28(31)21-40-22-36(15-5-8-26-19-29(38)11-13-30(26)36)23-45-33-14-10-27(20-32(33)40)34(41)39-48(42,43)25(24)2;2*1-22-6-4-15-34(20-38,42-3)29-11-8-26(29)18-37-19-33(14-5-7-24-16-27(35)10-12-28(24)33)21-43-31-13-9-25(17-30(31)37)32(39)36-44(40,41)23(22)2/h4,10-11,13-14,16,19-20,24-25,28,31,35H,5-9,12,15,17-18,21-23H2,1-3H3,(H,39,41);4,9-10,12-13,15-17,22-23,26,29,38H,5-8,11,14,18-21H2,1-3H3,(H,36,39);4,9-10,12-13,15-17,20,22-23,26,29H,5-8,11,14,18-19,21H2,1-3H3,(H,36,39)/b16-4+;2*15-4+/t24-,25+,28-,31+,36-,37-;2*22-,23+,26-,29+,33-,34+/m000/s1. The Labute approximate surface area is 826 Å². The summed E-state index contributed by atoms with van der Waals surface area (Å²) in [5.74, 6) is 2.68. The number of carbonyl (C=O) groups excluding carboxylic acids is 4. The summed E-state index contributed by atoms with van der Waals surface area (Å²) in [6, 6.07) is 34.3. The first-order valence-corrected chi connectivity index (χ1v) is 56.5. The first kappa shape index (κ1) is 100. The smallest absolute Gasteiger partial charge is 0.264 e. The predicted molar refractivity (Wildman–Crippen MR) is 541 cm³/mol. The number of aryl methyl sites for hydroxylation is 3. The van der Waals surface area contributed by atoms with Crippen molar-refractivity contribution >= 4 is 129 Å². The van der Waals surface area contributed by atoms with Crippen molar-refractivity contribution in [2.45, 2.75) is 217 Å². The average molecular weight is 2020 g/mol. The van der Waals surface area contributed by atoms with Crippen molar-refractivity contribution in [2.75, 3.05) is 113 Å². The van der Waals surface area contributed by atoms with Crippen LogP contribution in [0.15, 0.2) is 146 Å². The van der Waals surface area contributed by atoms with Gasteiger partial charge in [-0.25, -0.2) is 39.4 Å². The highest BCUT2D eigenvalue weighted by Crippen LogP contribution is 2.57. The second-order valence-electron chi connectivity index (χ2n) is 41.1. The third-order valence-corrected chi connectivity index (χ3v) is 42.9. The summed E-state index contributed by atoms with van der Waals surface area (Å²) in [4.78, 5) is 60.1. The van der Waals surface area contributed by atoms with Crippen molar-refractivity contribution in [1.29, 1.82) is 0 Å². The topological polar surface area (TPSA) is 292 Å². The number of aliphatic hydroxyl groups is 1. The number of methoxy groups -OCH3 is 3. The lowest BCUT2D eigenvalue weighted by Crippen LogP contribution is -2.56. The van der Waals surface area contributed by atoms with Crippen LogP contribution < -0.4 is 43.1 Å². The SMILES string of the molecule is CO[C@@]1(C2SCCCS2)/C=C/C[C@H](C)[C@@H](C)S(=O)(=O)NC(=O)c2ccc3c(c2)N(C[C@@H]2CC[C@H]21)C[C@@]1(CCCc2cc(Cl)ccc21)CO3.CO[C@@]1(C=O)/C=C/C[C@H](C)[C@@H](C)S(=O)(=O)NC(=O)c2ccc3c(c2)N(C[C@@H]2CC[C@H]21)C[C@@]1(CCCc2cc(Cl)ccc21)CO3.CO[C@@]1(CO)/C=C/C[C@H](C)[C@@H](C)S(=O)(=O)NC(=O)c2ccc3c(c2)N(C[C@@H]2CC[C@H]21)C[C@@]1(CCCc2cc(Cl)ccc21)CO3. The number of benzene rings is 6. The number of hydrogen-bond donors (Lipinski definition) is 4. The average Bonchev–Trinajstić information content (AvgIpc) is 1.75. The number of rotatable bonds is 6. The van der Waals surface area contributed by atoms with Gasteiger partial charge in [0.2, 0.25) is 30.1 Å². The predicted octanol–water partition coefficient (Wildman–Crippen LogP) is 18.2. The van der Waals surface area contributed by atoms with Gasteiger partial charge in [0.25, 0.3) is 17.7 Å². The van der Waals surface area contributed by atoms with Crippen LogP contribution >= 0.6 is 58.3 Å². The Morgan fingerprint density at radius 1 is 0.449 bits per heavy atom. The number of nitrogens with one attached hydrogen (secondary N) is 3. The summed E-state index contributed by atoms with van der Waals surface area (Å²) in [7, 11) is -6.79. The number of amides is 3. The van der Waals surface area contributed by atoms with Crippen LogP contribution in [0, 0.1) is 53.3 Å². The molecule has 0 aromatic heterocycles. The van der Waals surface area contributed by atoms with Gasteiger partial charge in [0.1, 0.15) is 34.1 Å². The molecule has 6 aromatic carbocycles. The lowest BCUT2D eigenvalue weighted by Gasteiger charge is -2.53. The molecule has 3 amide bonds. The third kappa shape index (κ3) is 19.7. The highest BCUT2D eigenvalue weighted by Gasteiger charge is 2.56. The number of aliphatic hydroxyl groups excluding tert-OH is 1. The van der Waals surface area contributed by atoms with Crippen molar-refractivity contribution in [3.05, 3.63) is 211 Å². The second kappa shape index (κ2) is 40.6. The zero-order valence-electron chi connectivity index (χ0n) is 79.4. The summed E-state index contributed by atoms with van der Waals surface area (Å²) in [6.07, 6.45) is 30.2. The van der Waals surface area contributed by atoms with Gasteiger partial charge < -0.3 is 48.2 Å². The molecule has 6 aliphatic carbocycles. The second-order valence-corrected chi connectivity index (χ2v) is 51.2. The molecule has 3 spiro atoms. The minimum absolute atomic E-state index is 0.0434. The van der Waals surface area contributed by atoms with Gasteiger partial charge >= 0.3 is 0 Å². The largest absolute Gasteiger partial charge is 0.490 e. The van der Waals surface area contributed by atoms with Crippen molar-refractivity contribution in [3.8, 4) is 17.2 Å². The van der Waals surface area contributed by atoms with E-state index in [0.717, 1.165) is 160 Å². The van der Waals surface area contributed by atoms with E-state index in [4.69, 9.17) is 63.2 Å². The zero-order valence-corrected chi connectivity index (χ0v) is 85.7. The van der Waals surface area contributed by atoms with Crippen LogP contribution in [0.3, 0.4) is 0 Å². The highest BCUT2D eigenvalue weighted by atomic mass is 35.5. The van der Waals surface area contributed by atoms with Crippen molar-refractivity contribution in [3.63, 3.8) is 0 Å². The van der Waals surface area contributed by atoms with Gasteiger partial charge in [-0.05, 0) is 332 Å². The number of thioether (sulfide) groups is 2. The maximum atomic E-state index is 13.6. The molecule has 13 aliphatic rings. The monoisotopic (exact) mass is 2010 g/mol. The number of fused-ring (bicyclic) bond motifs is 12. The Hall–Kier alpha value is -7.32. The molecule has 4 N–H and O–H groups in total. The molecule has 7 aliphatic heterocycles. The van der Waals surface area contributed by atoms with Crippen LogP contribution in [0.2, 0.25) is 15.1 Å². The quantitative estimate of drug-likeness (QED) is 0.0890. The Balaban J connectivity index is 0.000000142. The van der Waals surface area contributed by atoms with Crippen molar-refractivity contribution in [1.82, 2.24) is 14.2 Å². The molecule has 0 radical (unpaired) electrons. The molecule has 1 saturated heterocycles. The number of carbonyl (C=O) groups is 4. The van der Waals surface area contributed by atoms with Gasteiger partial charge in [0.15, 0.2) is 6.29 Å². The Morgan fingerprint density at radius 3 is 1.15 bits per heavy atom. The number of allylic oxidation sites excluding steroid dienone is 3. The molecule has 3 saturated carbocycles. The molecule has 19 rings (SSSR count). The number of hydrogen-bond acceptors (Lipinski definition) is 22. The summed E-state index contributed by atoms with van der Waals surface area (Å²) in [5, 5.41) is 10.5. The van der Waals surface area contributed by atoms with Gasteiger partial charge in [0, 0.05) is 115 Å². The van der Waals surface area contributed by atoms with Gasteiger partial charge in [0.05, 0.1) is 63.8 Å². The molecule has 7 heterocycles. The van der Waals surface area contributed by atoms with E-state index in [9.17, 15) is 49.5 Å². The molecule has 136 heavy (non-hydrogen) atoms. The number of nitrogens with zero attached hydrogens (tertiary/aromatic N) is 3. The van der Waals surface area contributed by atoms with E-state index >= 15 is 0 Å². The van der Waals surface area contributed by atoms with E-state index < -0.39 is 80.3 Å². The van der Waals surface area contributed by atoms with Crippen molar-refractivity contribution < 1.29 is 78.0 Å². The molecule has 23 nitrogen and oxygen atoms in total. The zero-order chi connectivity index (χ0) is 96.2. The molecular weight excluding hydrogens is 1880 g/mol. The van der Waals surface area contributed by atoms with Gasteiger partial charge in [-0.2, -0.15) is 0 Å². The van der Waals surface area contributed by atoms with E-state index in [1.54, 1.807) is 77.5 Å². The normalized spacial score (nSPS) is 34.2. The van der Waals surface area contributed by atoms with Crippen LogP contribution in [0.1, 0.15) is 209 Å². The fourth-order valence-electron chi connectivity index (χ4n) is 24.1. The van der Waals surface area contributed by atoms with Gasteiger partial charge in [-0.1, -0.05) is 104 Å². The first-order valence-electron chi connectivity index (χ1n) is 48.7. The first-order chi connectivity index (χ1) is 65.1. The van der Waals surface area contributed by atoms with Crippen LogP contribution in [-0.2, 0) is 84.6 Å². The maximum Gasteiger partial charge on any atom is 0.264 e. The van der Waals surface area contributed by atoms with E-state index in [1.807, 2.05) is 106 Å². The Bertz CT molecular complexity index is 5960. The number of halogens is 3. The minimum atomic E-state index is -3.97. The molecule has 31 heteroatoms. The molecule has 6 aromatic rings. The maximum absolute atomic E-state index is 13.6. The van der Waals surface area contributed by atoms with Crippen LogP contribution in [0.5, 0.6) is 17.2 Å². The Morgan fingerprint density at radius 2 is 0.809 bits per heavy atom. The number of aldehydes is 1. The molecule has 0 unspecified atom stereocenters. The molecule has 18 atom stereocenters. The summed E-state index contributed by atoms with van der Waals surface area (Å²) in [6.45, 7) is 16.0. The molecular formula is C105H131Cl3N6O17S5. The molecule has 4 fully saturated rings. The van der Waals surface area contributed by atoms with E-state index in [1.165, 1.54) is 39.8 Å². The fourth-order valence-corrected chi connectivity index (χ4v) is 32.0. The van der Waals surface area contributed by atoms with Gasteiger partial charge in [-0.3, -0.25) is 19.2 Å². The summed E-state index contributed by atoms with van der Waals surface area (Å²) < 4.78 is 126. The third-order valence-electron chi connectivity index (χ3n) is 33.3. The minimum Gasteiger partial charge on any atom is -0.490 e. The summed E-state index contributed by atoms with van der Waals surface area (Å²) >= 11 is 23.3. The lowest BCUT2D eigenvalue weighted by molar-refractivity contribution is -0.136. The Kier molecular flexibility index (Phi) is 29.9. The van der Waals surface area contributed by atoms with E-state index in [2.05, 4.69) is 77.4 Å². The lowest BCUT2D eigenvalue weighted by atomic mass is 9.64. The number of sulfonamides is 3. The van der Waals surface area contributed by atoms with Crippen LogP contribution in [0.4, 0.5) is 17.1 Å². The van der Waals surface area contributed by atoms with E-state index in [0.29, 0.717) is 99.2 Å². The number of ether oxygens (including phenoxy) is 6. The molecule has 734 valence electrons. The van der Waals surface area contributed by atoms with E-state index in [-0.39, 0.29) is 80.0 Å². The van der Waals surface area contributed by atoms with Crippen LogP contribution in [-0.4, -0.2) is 190 Å². The van der Waals surface area contributed by atoms with Gasteiger partial charge in [-0.15, -0.1) is 23.5 Å². The number of anilines is 3.